The van der Waals surface area contributed by atoms with E-state index in [1.807, 2.05) is 24.3 Å². The number of carbonyl (C=O) groups is 5. The molecule has 1 aromatic carbocycles. The third kappa shape index (κ3) is 8.31. The molecule has 3 amide bonds. The summed E-state index contributed by atoms with van der Waals surface area (Å²) in [5, 5.41) is 26.6. The number of amides is 3. The fourth-order valence-electron chi connectivity index (χ4n) is 3.97. The van der Waals surface area contributed by atoms with Crippen LogP contribution < -0.4 is 21.7 Å². The highest BCUT2D eigenvalue weighted by Crippen LogP contribution is 2.19. The molecule has 214 valence electrons. The fourth-order valence-corrected chi connectivity index (χ4v) is 4.22. The molecule has 0 aliphatic carbocycles. The average Bonchev–Trinajstić information content (AvgIpc) is 3.59. The Kier molecular flexibility index (Phi) is 10.7. The number of nitrogens with zero attached hydrogens (tertiary/aromatic N) is 1. The smallest absolute Gasteiger partial charge is 0.327 e. The second-order valence-electron chi connectivity index (χ2n) is 9.09. The molecule has 0 radical (unpaired) electrons. The van der Waals surface area contributed by atoms with Crippen molar-refractivity contribution in [2.45, 2.75) is 49.9 Å². The van der Waals surface area contributed by atoms with E-state index >= 15 is 0 Å². The van der Waals surface area contributed by atoms with Gasteiger partial charge in [-0.1, -0.05) is 18.2 Å². The Balaban J connectivity index is 1.84. The molecule has 40 heavy (non-hydrogen) atoms. The molecule has 9 N–H and O–H groups in total. The van der Waals surface area contributed by atoms with Gasteiger partial charge < -0.3 is 41.9 Å². The zero-order valence-corrected chi connectivity index (χ0v) is 22.2. The maximum absolute atomic E-state index is 13.5. The largest absolute Gasteiger partial charge is 0.481 e. The van der Waals surface area contributed by atoms with Crippen molar-refractivity contribution in [3.05, 3.63) is 54.2 Å². The Morgan fingerprint density at radius 2 is 1.57 bits per heavy atom. The third-order valence-electron chi connectivity index (χ3n) is 6.15. The number of rotatable bonds is 15. The lowest BCUT2D eigenvalue weighted by molar-refractivity contribution is -0.141. The van der Waals surface area contributed by atoms with E-state index in [0.29, 0.717) is 11.3 Å². The van der Waals surface area contributed by atoms with E-state index in [2.05, 4.69) is 43.5 Å². The number of fused-ring (bicyclic) bond motifs is 1. The molecule has 4 unspecified atom stereocenters. The molecule has 14 nitrogen and oxygen atoms in total. The first-order valence-electron chi connectivity index (χ1n) is 12.3. The molecule has 0 aliphatic rings. The second-order valence-corrected chi connectivity index (χ2v) is 9.45. The van der Waals surface area contributed by atoms with Crippen LogP contribution in [0.1, 0.15) is 24.1 Å². The highest BCUT2D eigenvalue weighted by atomic mass is 32.1. The van der Waals surface area contributed by atoms with Gasteiger partial charge in [0.2, 0.25) is 17.7 Å². The summed E-state index contributed by atoms with van der Waals surface area (Å²) in [4.78, 5) is 71.6. The molecule has 0 bridgehead atoms. The number of nitrogens with one attached hydrogen (secondary N) is 5. The van der Waals surface area contributed by atoms with Crippen LogP contribution in [0.25, 0.3) is 10.9 Å². The van der Waals surface area contributed by atoms with Gasteiger partial charge in [-0.3, -0.25) is 19.2 Å². The van der Waals surface area contributed by atoms with Gasteiger partial charge in [-0.2, -0.15) is 12.6 Å². The number of aromatic amines is 2. The van der Waals surface area contributed by atoms with Crippen molar-refractivity contribution in [2.24, 2.45) is 5.73 Å². The number of imidazole rings is 1. The van der Waals surface area contributed by atoms with Gasteiger partial charge in [0.25, 0.3) is 0 Å². The number of hydrogen-bond acceptors (Lipinski definition) is 8. The van der Waals surface area contributed by atoms with Crippen LogP contribution in [0.15, 0.2) is 43.0 Å². The average molecular weight is 574 g/mol. The fraction of sp³-hybridized carbons (Fsp3) is 0.360. The SMILES string of the molecule is NC(CCC(=O)O)C(=O)NC(Cc1cnc[nH]1)C(=O)NC(Cc1c[nH]c2ccccc12)C(=O)NC(CS)C(=O)O. The first-order chi connectivity index (χ1) is 19.1. The van der Waals surface area contributed by atoms with E-state index in [-0.39, 0.29) is 31.4 Å². The van der Waals surface area contributed by atoms with E-state index in [0.717, 1.165) is 10.9 Å². The Bertz CT molecular complexity index is 1340. The van der Waals surface area contributed by atoms with Crippen molar-refractivity contribution in [1.29, 1.82) is 0 Å². The number of thiol groups is 1. The summed E-state index contributed by atoms with van der Waals surface area (Å²) in [7, 11) is 0. The number of carbonyl (C=O) groups excluding carboxylic acids is 3. The molecule has 0 fully saturated rings. The Hall–Kier alpha value is -4.37. The second kappa shape index (κ2) is 14.1. The molecule has 2 aromatic heterocycles. The summed E-state index contributed by atoms with van der Waals surface area (Å²) < 4.78 is 0. The number of aliphatic carboxylic acids is 2. The van der Waals surface area contributed by atoms with Crippen LogP contribution in [0.5, 0.6) is 0 Å². The van der Waals surface area contributed by atoms with Crippen molar-refractivity contribution in [2.75, 3.05) is 5.75 Å². The quantitative estimate of drug-likeness (QED) is 0.105. The topological polar surface area (TPSA) is 232 Å². The van der Waals surface area contributed by atoms with Gasteiger partial charge in [-0.25, -0.2) is 9.78 Å². The van der Waals surface area contributed by atoms with Crippen LogP contribution in [0.2, 0.25) is 0 Å². The number of nitrogens with two attached hydrogens (primary N) is 1. The maximum atomic E-state index is 13.5. The summed E-state index contributed by atoms with van der Waals surface area (Å²) in [5.41, 5.74) is 7.82. The number of benzene rings is 1. The molecule has 4 atom stereocenters. The first kappa shape index (κ1) is 30.2. The van der Waals surface area contributed by atoms with Gasteiger partial charge in [0.15, 0.2) is 0 Å². The molecule has 0 spiro atoms. The molecular weight excluding hydrogens is 542 g/mol. The van der Waals surface area contributed by atoms with Crippen LogP contribution in [-0.4, -0.2) is 84.7 Å². The highest BCUT2D eigenvalue weighted by molar-refractivity contribution is 7.80. The van der Waals surface area contributed by atoms with Crippen LogP contribution in [-0.2, 0) is 36.8 Å². The van der Waals surface area contributed by atoms with Gasteiger partial charge in [0, 0.05) is 54.0 Å². The Morgan fingerprint density at radius 1 is 0.925 bits per heavy atom. The van der Waals surface area contributed by atoms with E-state index in [4.69, 9.17) is 10.8 Å². The number of aromatic nitrogens is 3. The number of carboxylic acids is 2. The predicted molar refractivity (Wildman–Crippen MR) is 146 cm³/mol. The van der Waals surface area contributed by atoms with Crippen molar-refractivity contribution in [3.8, 4) is 0 Å². The van der Waals surface area contributed by atoms with Crippen molar-refractivity contribution in [1.82, 2.24) is 30.9 Å². The molecule has 0 aliphatic heterocycles. The van der Waals surface area contributed by atoms with Gasteiger partial charge in [0.1, 0.15) is 18.1 Å². The molecule has 0 saturated heterocycles. The van der Waals surface area contributed by atoms with Crippen LogP contribution in [0.4, 0.5) is 0 Å². The van der Waals surface area contributed by atoms with Crippen molar-refractivity contribution < 1.29 is 34.2 Å². The van der Waals surface area contributed by atoms with Gasteiger partial charge in [-0.05, 0) is 18.1 Å². The van der Waals surface area contributed by atoms with Crippen LogP contribution in [0.3, 0.4) is 0 Å². The number of H-pyrrole nitrogens is 2. The van der Waals surface area contributed by atoms with Gasteiger partial charge >= 0.3 is 11.9 Å². The Labute approximate surface area is 233 Å². The lowest BCUT2D eigenvalue weighted by Crippen LogP contribution is -2.58. The Morgan fingerprint density at radius 3 is 2.20 bits per heavy atom. The first-order valence-corrected chi connectivity index (χ1v) is 13.0. The van der Waals surface area contributed by atoms with E-state index in [9.17, 15) is 29.1 Å². The van der Waals surface area contributed by atoms with Crippen molar-refractivity contribution in [3.63, 3.8) is 0 Å². The molecule has 3 rings (SSSR count). The van der Waals surface area contributed by atoms with Gasteiger partial charge in [0.05, 0.1) is 12.4 Å². The minimum atomic E-state index is -1.30. The molecule has 3 aromatic rings. The lowest BCUT2D eigenvalue weighted by atomic mass is 10.0. The maximum Gasteiger partial charge on any atom is 0.327 e. The monoisotopic (exact) mass is 573 g/mol. The third-order valence-corrected chi connectivity index (χ3v) is 6.51. The normalized spacial score (nSPS) is 14.1. The highest BCUT2D eigenvalue weighted by Gasteiger charge is 2.31. The predicted octanol–water partition coefficient (Wildman–Crippen LogP) is -0.663. The summed E-state index contributed by atoms with van der Waals surface area (Å²) in [6.45, 7) is 0. The van der Waals surface area contributed by atoms with Crippen molar-refractivity contribution >= 4 is 53.2 Å². The minimum Gasteiger partial charge on any atom is -0.481 e. The minimum absolute atomic E-state index is 0.00332. The molecule has 0 saturated carbocycles. The standard InChI is InChI=1S/C25H31N7O7S/c26-16(5-6-21(33)34)22(35)30-19(8-14-10-27-12-29-14)24(37)31-18(23(36)32-20(11-40)25(38)39)7-13-9-28-17-4-2-1-3-15(13)17/h1-4,9-10,12,16,18-20,28,40H,5-8,11,26H2,(H,27,29)(H,30,35)(H,31,37)(H,32,36)(H,33,34)(H,38,39). The van der Waals surface area contributed by atoms with Crippen LogP contribution in [0, 0.1) is 0 Å². The van der Waals surface area contributed by atoms with E-state index in [1.165, 1.54) is 12.5 Å². The lowest BCUT2D eigenvalue weighted by Gasteiger charge is -2.25. The summed E-state index contributed by atoms with van der Waals surface area (Å²) in [6.07, 6.45) is 4.01. The zero-order valence-electron chi connectivity index (χ0n) is 21.3. The van der Waals surface area contributed by atoms with Gasteiger partial charge in [-0.15, -0.1) is 0 Å². The van der Waals surface area contributed by atoms with E-state index in [1.54, 1.807) is 6.20 Å². The summed E-state index contributed by atoms with van der Waals surface area (Å²) in [6, 6.07) is 2.40. The zero-order chi connectivity index (χ0) is 29.2. The summed E-state index contributed by atoms with van der Waals surface area (Å²) >= 11 is 3.98. The number of carboxylic acid groups (broad SMARTS) is 2. The number of hydrogen-bond donors (Lipinski definition) is 9. The molecular formula is C25H31N7O7S. The van der Waals surface area contributed by atoms with E-state index < -0.39 is 53.8 Å². The number of para-hydroxylation sites is 1. The molecule has 2 heterocycles. The van der Waals surface area contributed by atoms with Crippen LogP contribution >= 0.6 is 12.6 Å². The molecule has 15 heteroatoms. The summed E-state index contributed by atoms with van der Waals surface area (Å²) in [5.74, 6) is -4.85.